The predicted octanol–water partition coefficient (Wildman–Crippen LogP) is 6.69. The van der Waals surface area contributed by atoms with E-state index in [-0.39, 0.29) is 0 Å². The van der Waals surface area contributed by atoms with Crippen molar-refractivity contribution < 1.29 is 9.47 Å². The second-order valence-electron chi connectivity index (χ2n) is 6.83. The second-order valence-corrected chi connectivity index (χ2v) is 6.83. The fraction of sp³-hybridized carbons (Fsp3) is 0.905. The van der Waals surface area contributed by atoms with Crippen molar-refractivity contribution in [1.82, 2.24) is 0 Å². The number of hydrogen-bond donors (Lipinski definition) is 0. The van der Waals surface area contributed by atoms with Gasteiger partial charge in [-0.25, -0.2) is 0 Å². The van der Waals surface area contributed by atoms with Crippen molar-refractivity contribution in [3.8, 4) is 0 Å². The van der Waals surface area contributed by atoms with Gasteiger partial charge in [-0.1, -0.05) is 97.0 Å². The van der Waals surface area contributed by atoms with Crippen molar-refractivity contribution in [2.24, 2.45) is 0 Å². The van der Waals surface area contributed by atoms with Gasteiger partial charge in [0.1, 0.15) is 0 Å². The molecule has 0 saturated heterocycles. The summed E-state index contributed by atoms with van der Waals surface area (Å²) >= 11 is 0. The molecule has 0 spiro atoms. The molecule has 23 heavy (non-hydrogen) atoms. The fourth-order valence-electron chi connectivity index (χ4n) is 2.86. The molecule has 0 rings (SSSR count). The Hall–Kier alpha value is -0.340. The number of ether oxygens (including phenoxy) is 2. The van der Waals surface area contributed by atoms with Crippen molar-refractivity contribution in [1.29, 1.82) is 0 Å². The van der Waals surface area contributed by atoms with Crippen molar-refractivity contribution in [3.63, 3.8) is 0 Å². The Balaban J connectivity index is 3.01. The Labute approximate surface area is 146 Å². The summed E-state index contributed by atoms with van der Waals surface area (Å²) in [5.74, 6) is 0. The summed E-state index contributed by atoms with van der Waals surface area (Å²) in [6.07, 6.45) is 19.6. The molecule has 0 aromatic rings. The fourth-order valence-corrected chi connectivity index (χ4v) is 2.86. The van der Waals surface area contributed by atoms with Crippen LogP contribution in [0, 0.1) is 0 Å². The van der Waals surface area contributed by atoms with Crippen molar-refractivity contribution in [2.75, 3.05) is 26.9 Å². The first-order valence-electron chi connectivity index (χ1n) is 10.0. The number of unbranched alkanes of at least 4 members (excludes halogenated alkanes) is 13. The summed E-state index contributed by atoms with van der Waals surface area (Å²) in [5, 5.41) is 0. The maximum absolute atomic E-state index is 5.58. The molecule has 0 fully saturated rings. The van der Waals surface area contributed by atoms with E-state index < -0.39 is 0 Å². The molecule has 0 amide bonds. The molecule has 0 bridgehead atoms. The highest BCUT2D eigenvalue weighted by Gasteiger charge is 1.96. The standard InChI is InChI=1S/C21H42O2/c1-4-5-6-7-8-9-10-11-12-13-14-15-16-17-18-23-20-21(2)19-22-3/h2,4-20H2,1,3H3. The lowest BCUT2D eigenvalue weighted by atomic mass is 10.0. The van der Waals surface area contributed by atoms with E-state index >= 15 is 0 Å². The van der Waals surface area contributed by atoms with E-state index in [9.17, 15) is 0 Å². The Morgan fingerprint density at radius 1 is 0.652 bits per heavy atom. The zero-order chi connectivity index (χ0) is 17.0. The van der Waals surface area contributed by atoms with Gasteiger partial charge in [0.2, 0.25) is 0 Å². The molecule has 2 nitrogen and oxygen atoms in total. The van der Waals surface area contributed by atoms with Crippen LogP contribution in [0.25, 0.3) is 0 Å². The SMILES string of the molecule is C=C(COC)COCCCCCCCCCCCCCCCC. The smallest absolute Gasteiger partial charge is 0.0696 e. The Bertz CT molecular complexity index is 238. The molecule has 2 heteroatoms. The molecule has 0 atom stereocenters. The summed E-state index contributed by atoms with van der Waals surface area (Å²) < 4.78 is 10.6. The van der Waals surface area contributed by atoms with Gasteiger partial charge in [0, 0.05) is 13.7 Å². The average Bonchev–Trinajstić information content (AvgIpc) is 2.54. The lowest BCUT2D eigenvalue weighted by Gasteiger charge is -2.06. The molecule has 0 aromatic heterocycles. The molecule has 0 radical (unpaired) electrons. The van der Waals surface area contributed by atoms with Crippen molar-refractivity contribution in [2.45, 2.75) is 96.8 Å². The first-order valence-corrected chi connectivity index (χ1v) is 10.0. The van der Waals surface area contributed by atoms with Gasteiger partial charge in [-0.05, 0) is 12.0 Å². The van der Waals surface area contributed by atoms with Gasteiger partial charge in [0.05, 0.1) is 13.2 Å². The minimum atomic E-state index is 0.610. The number of rotatable bonds is 19. The monoisotopic (exact) mass is 326 g/mol. The molecule has 0 aromatic carbocycles. The van der Waals surface area contributed by atoms with Crippen LogP contribution in [0.15, 0.2) is 12.2 Å². The van der Waals surface area contributed by atoms with Crippen molar-refractivity contribution >= 4 is 0 Å². The van der Waals surface area contributed by atoms with Gasteiger partial charge in [-0.2, -0.15) is 0 Å². The van der Waals surface area contributed by atoms with Gasteiger partial charge >= 0.3 is 0 Å². The highest BCUT2D eigenvalue weighted by molar-refractivity contribution is 4.93. The molecular weight excluding hydrogens is 284 g/mol. The van der Waals surface area contributed by atoms with E-state index in [1.54, 1.807) is 7.11 Å². The molecule has 0 aliphatic heterocycles. The highest BCUT2D eigenvalue weighted by Crippen LogP contribution is 2.12. The van der Waals surface area contributed by atoms with Crippen LogP contribution in [0.5, 0.6) is 0 Å². The summed E-state index contributed by atoms with van der Waals surface area (Å²) in [4.78, 5) is 0. The number of hydrogen-bond acceptors (Lipinski definition) is 2. The van der Waals surface area contributed by atoms with Crippen LogP contribution < -0.4 is 0 Å². The third kappa shape index (κ3) is 19.6. The first kappa shape index (κ1) is 22.7. The summed E-state index contributed by atoms with van der Waals surface area (Å²) in [6.45, 7) is 8.30. The van der Waals surface area contributed by atoms with Crippen LogP contribution in [-0.4, -0.2) is 26.9 Å². The largest absolute Gasteiger partial charge is 0.380 e. The third-order valence-corrected chi connectivity index (χ3v) is 4.30. The normalized spacial score (nSPS) is 11.0. The molecule has 0 aliphatic carbocycles. The first-order chi connectivity index (χ1) is 11.3. The Morgan fingerprint density at radius 2 is 1.09 bits per heavy atom. The minimum Gasteiger partial charge on any atom is -0.380 e. The van der Waals surface area contributed by atoms with Gasteiger partial charge in [0.25, 0.3) is 0 Å². The molecule has 0 unspecified atom stereocenters. The predicted molar refractivity (Wildman–Crippen MR) is 102 cm³/mol. The molecule has 0 aliphatic rings. The van der Waals surface area contributed by atoms with Gasteiger partial charge in [-0.15, -0.1) is 0 Å². The minimum absolute atomic E-state index is 0.610. The van der Waals surface area contributed by atoms with Crippen LogP contribution in [-0.2, 0) is 9.47 Å². The lowest BCUT2D eigenvalue weighted by Crippen LogP contribution is -2.03. The van der Waals surface area contributed by atoms with E-state index in [2.05, 4.69) is 13.5 Å². The molecule has 0 saturated carbocycles. The maximum atomic E-state index is 5.58. The average molecular weight is 327 g/mol. The Kier molecular flexibility index (Phi) is 19.4. The van der Waals surface area contributed by atoms with Crippen LogP contribution in [0.2, 0.25) is 0 Å². The molecule has 0 N–H and O–H groups in total. The van der Waals surface area contributed by atoms with E-state index in [1.807, 2.05) is 0 Å². The zero-order valence-electron chi connectivity index (χ0n) is 16.0. The zero-order valence-corrected chi connectivity index (χ0v) is 16.0. The summed E-state index contributed by atoms with van der Waals surface area (Å²) in [6, 6.07) is 0. The molecular formula is C21H42O2. The van der Waals surface area contributed by atoms with Crippen LogP contribution in [0.4, 0.5) is 0 Å². The third-order valence-electron chi connectivity index (χ3n) is 4.30. The summed E-state index contributed by atoms with van der Waals surface area (Å²) in [5.41, 5.74) is 1.03. The Morgan fingerprint density at radius 3 is 1.52 bits per heavy atom. The topological polar surface area (TPSA) is 18.5 Å². The van der Waals surface area contributed by atoms with Crippen LogP contribution in [0.1, 0.15) is 96.8 Å². The van der Waals surface area contributed by atoms with E-state index in [1.165, 1.54) is 89.9 Å². The van der Waals surface area contributed by atoms with E-state index in [4.69, 9.17) is 9.47 Å². The van der Waals surface area contributed by atoms with E-state index in [0.29, 0.717) is 13.2 Å². The van der Waals surface area contributed by atoms with Crippen LogP contribution >= 0.6 is 0 Å². The van der Waals surface area contributed by atoms with E-state index in [0.717, 1.165) is 12.2 Å². The maximum Gasteiger partial charge on any atom is 0.0696 e. The van der Waals surface area contributed by atoms with Gasteiger partial charge in [-0.3, -0.25) is 0 Å². The quantitative estimate of drug-likeness (QED) is 0.194. The van der Waals surface area contributed by atoms with Gasteiger partial charge in [0.15, 0.2) is 0 Å². The summed E-state index contributed by atoms with van der Waals surface area (Å²) in [7, 11) is 1.69. The van der Waals surface area contributed by atoms with Crippen LogP contribution in [0.3, 0.4) is 0 Å². The highest BCUT2D eigenvalue weighted by atomic mass is 16.5. The van der Waals surface area contributed by atoms with Gasteiger partial charge < -0.3 is 9.47 Å². The second kappa shape index (κ2) is 19.7. The molecule has 138 valence electrons. The lowest BCUT2D eigenvalue weighted by molar-refractivity contribution is 0.134. The molecule has 0 heterocycles. The van der Waals surface area contributed by atoms with Crippen molar-refractivity contribution in [3.05, 3.63) is 12.2 Å². The number of methoxy groups -OCH3 is 1.